The van der Waals surface area contributed by atoms with Crippen LogP contribution in [0.2, 0.25) is 5.02 Å². The number of aromatic nitrogens is 1. The molecular formula is C34H42ClF3N4O8. The molecule has 0 bridgehead atoms. The highest BCUT2D eigenvalue weighted by Crippen LogP contribution is 2.60. The summed E-state index contributed by atoms with van der Waals surface area (Å²) in [4.78, 5) is 59.5. The Morgan fingerprint density at radius 1 is 1.14 bits per heavy atom. The second-order valence-electron chi connectivity index (χ2n) is 14.0. The molecule has 2 aromatic rings. The van der Waals surface area contributed by atoms with Gasteiger partial charge >= 0.3 is 18.2 Å². The van der Waals surface area contributed by atoms with E-state index < -0.39 is 77.6 Å². The van der Waals surface area contributed by atoms with Gasteiger partial charge in [0, 0.05) is 17.9 Å². The van der Waals surface area contributed by atoms with Crippen molar-refractivity contribution in [2.24, 2.45) is 11.3 Å². The summed E-state index contributed by atoms with van der Waals surface area (Å²) in [6.45, 7) is 8.18. The molecule has 3 aliphatic rings. The first-order valence-corrected chi connectivity index (χ1v) is 16.9. The maximum Gasteiger partial charge on any atom is 0.408 e. The molecule has 5 atom stereocenters. The zero-order valence-electron chi connectivity index (χ0n) is 28.7. The topological polar surface area (TPSA) is 145 Å². The van der Waals surface area contributed by atoms with Gasteiger partial charge < -0.3 is 34.5 Å². The van der Waals surface area contributed by atoms with E-state index >= 15 is 0 Å². The first kappa shape index (κ1) is 37.3. The van der Waals surface area contributed by atoms with Crippen LogP contribution in [-0.4, -0.2) is 89.5 Å². The third-order valence-corrected chi connectivity index (χ3v) is 9.78. The number of halogens is 4. The number of hydrogen-bond acceptors (Lipinski definition) is 9. The first-order valence-electron chi connectivity index (χ1n) is 16.6. The van der Waals surface area contributed by atoms with E-state index in [1.165, 1.54) is 33.9 Å². The van der Waals surface area contributed by atoms with Gasteiger partial charge in [-0.15, -0.1) is 0 Å². The van der Waals surface area contributed by atoms with Crippen LogP contribution < -0.4 is 20.1 Å². The number of benzene rings is 1. The average molecular weight is 727 g/mol. The predicted molar refractivity (Wildman–Crippen MR) is 175 cm³/mol. The quantitative estimate of drug-likeness (QED) is 0.294. The van der Waals surface area contributed by atoms with E-state index in [2.05, 4.69) is 15.6 Å². The van der Waals surface area contributed by atoms with Gasteiger partial charge in [-0.3, -0.25) is 9.59 Å². The van der Waals surface area contributed by atoms with Gasteiger partial charge in [-0.2, -0.15) is 13.2 Å². The molecule has 0 radical (unpaired) electrons. The molecule has 5 unspecified atom stereocenters. The van der Waals surface area contributed by atoms with E-state index in [0.717, 1.165) is 4.90 Å². The number of para-hydroxylation sites is 1. The third-order valence-electron chi connectivity index (χ3n) is 9.47. The van der Waals surface area contributed by atoms with Crippen LogP contribution in [0.3, 0.4) is 0 Å². The van der Waals surface area contributed by atoms with Crippen LogP contribution in [0.5, 0.6) is 11.6 Å². The standard InChI is InChI=1S/C34H42ClF3N4O8/c1-7-18-16-33(18,29(45)47-6)41-27(43)22-14-19(49-23-15-24(48-8-2)39-25-20(23)10-9-11-21(25)35)17-42(22)28(44)26(32(12-13-32)34(36,37)38)40-30(46)50-31(3,4)5/h9-11,15,18-19,22,26H,7-8,12-14,16-17H2,1-6H3,(H,40,46)(H,41,43). The number of alkyl carbamates (subject to hydrolysis) is 1. The van der Waals surface area contributed by atoms with Crippen LogP contribution in [0.1, 0.15) is 66.7 Å². The van der Waals surface area contributed by atoms with Crippen molar-refractivity contribution < 1.29 is 51.3 Å². The van der Waals surface area contributed by atoms with Crippen LogP contribution in [0, 0.1) is 11.3 Å². The maximum absolute atomic E-state index is 14.6. The third kappa shape index (κ3) is 7.24. The summed E-state index contributed by atoms with van der Waals surface area (Å²) in [7, 11) is 1.19. The lowest BCUT2D eigenvalue weighted by Gasteiger charge is -2.34. The molecule has 2 heterocycles. The van der Waals surface area contributed by atoms with E-state index in [4.69, 9.17) is 30.5 Å². The van der Waals surface area contributed by atoms with Gasteiger partial charge in [0.15, 0.2) is 0 Å². The SMILES string of the molecule is CCOc1cc(OC2CC(C(=O)NC3(C(=O)OC)CC3CC)N(C(=O)C(NC(=O)OC(C)(C)C)C3(C(F)(F)F)CC3)C2)c2cccc(Cl)c2n1. The molecule has 2 aliphatic carbocycles. The smallest absolute Gasteiger partial charge is 0.408 e. The molecule has 0 spiro atoms. The number of likely N-dealkylation sites (tertiary alicyclic amines) is 1. The molecule has 1 saturated heterocycles. The van der Waals surface area contributed by atoms with Crippen LogP contribution in [0.25, 0.3) is 10.9 Å². The summed E-state index contributed by atoms with van der Waals surface area (Å²) < 4.78 is 65.9. The monoisotopic (exact) mass is 726 g/mol. The Bertz CT molecular complexity index is 1660. The van der Waals surface area contributed by atoms with Gasteiger partial charge in [-0.1, -0.05) is 31.0 Å². The molecule has 2 saturated carbocycles. The van der Waals surface area contributed by atoms with Crippen LogP contribution in [0.15, 0.2) is 24.3 Å². The predicted octanol–water partition coefficient (Wildman–Crippen LogP) is 5.33. The number of esters is 1. The molecule has 5 rings (SSSR count). The molecule has 1 aliphatic heterocycles. The number of pyridine rings is 1. The highest BCUT2D eigenvalue weighted by atomic mass is 35.5. The Morgan fingerprint density at radius 3 is 2.40 bits per heavy atom. The molecule has 2 N–H and O–H groups in total. The number of nitrogens with zero attached hydrogens (tertiary/aromatic N) is 2. The van der Waals surface area contributed by atoms with Gasteiger partial charge in [0.25, 0.3) is 0 Å². The second kappa shape index (κ2) is 13.6. The molecule has 16 heteroatoms. The van der Waals surface area contributed by atoms with E-state index in [-0.39, 0.29) is 37.1 Å². The van der Waals surface area contributed by atoms with E-state index in [0.29, 0.717) is 28.8 Å². The zero-order valence-corrected chi connectivity index (χ0v) is 29.5. The largest absolute Gasteiger partial charge is 0.488 e. The van der Waals surface area contributed by atoms with Crippen LogP contribution in [-0.2, 0) is 23.9 Å². The minimum atomic E-state index is -4.86. The van der Waals surface area contributed by atoms with Crippen molar-refractivity contribution in [2.75, 3.05) is 20.3 Å². The number of ether oxygens (including phenoxy) is 4. The Morgan fingerprint density at radius 2 is 1.84 bits per heavy atom. The van der Waals surface area contributed by atoms with Gasteiger partial charge in [0.1, 0.15) is 35.1 Å². The van der Waals surface area contributed by atoms with E-state index in [1.807, 2.05) is 6.92 Å². The second-order valence-corrected chi connectivity index (χ2v) is 14.4. The number of carbonyl (C=O) groups excluding carboxylic acids is 4. The van der Waals surface area contributed by atoms with Gasteiger partial charge in [-0.05, 0) is 65.0 Å². The van der Waals surface area contributed by atoms with E-state index in [1.54, 1.807) is 25.1 Å². The van der Waals surface area contributed by atoms with Crippen molar-refractivity contribution in [3.05, 3.63) is 29.3 Å². The number of amides is 3. The fraction of sp³-hybridized carbons (Fsp3) is 0.618. The van der Waals surface area contributed by atoms with Gasteiger partial charge in [0.05, 0.1) is 36.2 Å². The Hall–Kier alpha value is -4.01. The fourth-order valence-corrected chi connectivity index (χ4v) is 6.91. The number of rotatable bonds is 11. The number of nitrogens with one attached hydrogen (secondary N) is 2. The Labute approximate surface area is 292 Å². The van der Waals surface area contributed by atoms with Crippen LogP contribution >= 0.6 is 11.6 Å². The number of hydrogen-bond donors (Lipinski definition) is 2. The minimum absolute atomic E-state index is 0.155. The fourth-order valence-electron chi connectivity index (χ4n) is 6.69. The summed E-state index contributed by atoms with van der Waals surface area (Å²) in [6, 6.07) is 3.08. The lowest BCUT2D eigenvalue weighted by molar-refractivity contribution is -0.199. The van der Waals surface area contributed by atoms with Gasteiger partial charge in [-0.25, -0.2) is 14.6 Å². The molecule has 1 aromatic carbocycles. The summed E-state index contributed by atoms with van der Waals surface area (Å²) in [5.74, 6) is -2.34. The van der Waals surface area contributed by atoms with Crippen molar-refractivity contribution >= 4 is 46.4 Å². The number of fused-ring (bicyclic) bond motifs is 1. The summed E-state index contributed by atoms with van der Waals surface area (Å²) in [5.41, 5.74) is -4.60. The number of alkyl halides is 3. The highest BCUT2D eigenvalue weighted by Gasteiger charge is 2.71. The molecule has 50 heavy (non-hydrogen) atoms. The summed E-state index contributed by atoms with van der Waals surface area (Å²) in [5, 5.41) is 5.74. The molecular weight excluding hydrogens is 685 g/mol. The van der Waals surface area contributed by atoms with Gasteiger partial charge in [0.2, 0.25) is 17.7 Å². The minimum Gasteiger partial charge on any atom is -0.488 e. The normalized spacial score (nSPS) is 24.6. The lowest BCUT2D eigenvalue weighted by atomic mass is 9.93. The van der Waals surface area contributed by atoms with Crippen LogP contribution in [0.4, 0.5) is 18.0 Å². The maximum atomic E-state index is 14.6. The highest BCUT2D eigenvalue weighted by molar-refractivity contribution is 6.35. The number of carbonyl (C=O) groups is 4. The van der Waals surface area contributed by atoms with Crippen molar-refractivity contribution in [2.45, 2.75) is 102 Å². The molecule has 1 aromatic heterocycles. The number of methoxy groups -OCH3 is 1. The zero-order chi connectivity index (χ0) is 36.8. The lowest BCUT2D eigenvalue weighted by Crippen LogP contribution is -2.60. The molecule has 274 valence electrons. The molecule has 12 nitrogen and oxygen atoms in total. The molecule has 3 amide bonds. The van der Waals surface area contributed by atoms with Crippen molar-refractivity contribution in [1.82, 2.24) is 20.5 Å². The van der Waals surface area contributed by atoms with E-state index in [9.17, 15) is 32.3 Å². The molecule has 3 fully saturated rings. The summed E-state index contributed by atoms with van der Waals surface area (Å²) >= 11 is 6.42. The average Bonchev–Trinajstić information content (AvgIpc) is 3.94. The Balaban J connectivity index is 1.52. The van der Waals surface area contributed by atoms with Crippen molar-refractivity contribution in [3.8, 4) is 11.6 Å². The van der Waals surface area contributed by atoms with Crippen molar-refractivity contribution in [1.29, 1.82) is 0 Å². The Kier molecular flexibility index (Phi) is 10.1. The summed E-state index contributed by atoms with van der Waals surface area (Å²) in [6.07, 6.45) is -7.14. The first-order chi connectivity index (χ1) is 23.4. The van der Waals surface area contributed by atoms with Crippen molar-refractivity contribution in [3.63, 3.8) is 0 Å².